The molecule has 2 aromatic rings. The number of carbonyl (C=O) groups is 3. The van der Waals surface area contributed by atoms with Crippen LogP contribution in [0.3, 0.4) is 0 Å². The van der Waals surface area contributed by atoms with Gasteiger partial charge in [-0.3, -0.25) is 19.3 Å². The van der Waals surface area contributed by atoms with E-state index in [0.29, 0.717) is 13.0 Å². The second-order valence-electron chi connectivity index (χ2n) is 11.2. The number of benzene rings is 2. The fraction of sp³-hybridized carbons (Fsp3) is 0.567. The molecule has 38 heavy (non-hydrogen) atoms. The second-order valence-corrected chi connectivity index (χ2v) is 11.2. The molecule has 8 heteroatoms. The predicted octanol–water partition coefficient (Wildman–Crippen LogP) is 3.04. The molecule has 1 fully saturated rings. The van der Waals surface area contributed by atoms with Crippen LogP contribution in [-0.2, 0) is 25.5 Å². The summed E-state index contributed by atoms with van der Waals surface area (Å²) in [5, 5.41) is 11.7. The molecular formula is C30H44N4O4. The molecule has 0 unspecified atom stereocenters. The molecule has 3 atom stereocenters. The van der Waals surface area contributed by atoms with Gasteiger partial charge in [-0.05, 0) is 55.6 Å². The van der Waals surface area contributed by atoms with Gasteiger partial charge in [0.2, 0.25) is 17.7 Å². The average molecular weight is 525 g/mol. The van der Waals surface area contributed by atoms with E-state index in [0.717, 1.165) is 48.8 Å². The van der Waals surface area contributed by atoms with Gasteiger partial charge in [-0.2, -0.15) is 0 Å². The molecule has 3 amide bonds. The first-order valence-corrected chi connectivity index (χ1v) is 13.7. The van der Waals surface area contributed by atoms with Gasteiger partial charge in [0, 0.05) is 32.0 Å². The Morgan fingerprint density at radius 3 is 2.50 bits per heavy atom. The fourth-order valence-corrected chi connectivity index (χ4v) is 4.64. The van der Waals surface area contributed by atoms with E-state index in [-0.39, 0.29) is 30.2 Å². The number of rotatable bonds is 12. The first kappa shape index (κ1) is 29.7. The summed E-state index contributed by atoms with van der Waals surface area (Å²) in [6.07, 6.45) is 2.60. The maximum atomic E-state index is 13.7. The minimum atomic E-state index is -0.945. The maximum Gasteiger partial charge on any atom is 0.247 e. The Hall–Kier alpha value is -2.81. The highest BCUT2D eigenvalue weighted by Gasteiger charge is 2.42. The van der Waals surface area contributed by atoms with Gasteiger partial charge in [-0.25, -0.2) is 0 Å². The van der Waals surface area contributed by atoms with Gasteiger partial charge >= 0.3 is 0 Å². The molecule has 0 spiro atoms. The number of hydrogen-bond donors (Lipinski definition) is 3. The van der Waals surface area contributed by atoms with Crippen molar-refractivity contribution in [1.29, 1.82) is 0 Å². The summed E-state index contributed by atoms with van der Waals surface area (Å²) in [7, 11) is 1.68. The summed E-state index contributed by atoms with van der Waals surface area (Å²) in [5.74, 6) is -0.974. The van der Waals surface area contributed by atoms with Crippen molar-refractivity contribution >= 4 is 28.5 Å². The van der Waals surface area contributed by atoms with Crippen molar-refractivity contribution in [3.8, 4) is 0 Å². The van der Waals surface area contributed by atoms with Crippen LogP contribution in [0, 0.1) is 5.41 Å². The SMILES string of the molecule is CO[C@H](C)CNCCCNC(=O)[C@@H](Cc1ccc2ccccc2c1)N(C(=O)[C@@H]1CCCN1)C(=O)C(C)(C)C. The van der Waals surface area contributed by atoms with Crippen molar-refractivity contribution in [1.82, 2.24) is 20.9 Å². The molecule has 1 aliphatic rings. The molecule has 2 aromatic carbocycles. The lowest BCUT2D eigenvalue weighted by Crippen LogP contribution is -2.59. The lowest BCUT2D eigenvalue weighted by Gasteiger charge is -2.35. The van der Waals surface area contributed by atoms with Crippen molar-refractivity contribution in [3.63, 3.8) is 0 Å². The van der Waals surface area contributed by atoms with Crippen LogP contribution >= 0.6 is 0 Å². The number of hydrogen-bond acceptors (Lipinski definition) is 6. The predicted molar refractivity (Wildman–Crippen MR) is 151 cm³/mol. The molecule has 8 nitrogen and oxygen atoms in total. The highest BCUT2D eigenvalue weighted by atomic mass is 16.5. The molecule has 3 rings (SSSR count). The van der Waals surface area contributed by atoms with Crippen LogP contribution in [0.15, 0.2) is 42.5 Å². The van der Waals surface area contributed by atoms with Gasteiger partial charge in [0.05, 0.1) is 12.1 Å². The third-order valence-corrected chi connectivity index (χ3v) is 6.98. The number of nitrogens with one attached hydrogen (secondary N) is 3. The van der Waals surface area contributed by atoms with E-state index < -0.39 is 17.5 Å². The number of fused-ring (bicyclic) bond motifs is 1. The van der Waals surface area contributed by atoms with Crippen molar-refractivity contribution in [3.05, 3.63) is 48.0 Å². The van der Waals surface area contributed by atoms with Gasteiger partial charge in [0.15, 0.2) is 0 Å². The Labute approximate surface area is 226 Å². The van der Waals surface area contributed by atoms with E-state index in [9.17, 15) is 14.4 Å². The normalized spacial score (nSPS) is 17.2. The van der Waals surface area contributed by atoms with Crippen LogP contribution < -0.4 is 16.0 Å². The lowest BCUT2D eigenvalue weighted by molar-refractivity contribution is -0.157. The number of carbonyl (C=O) groups excluding carboxylic acids is 3. The molecule has 1 aliphatic heterocycles. The van der Waals surface area contributed by atoms with Crippen LogP contribution in [0.25, 0.3) is 10.8 Å². The summed E-state index contributed by atoms with van der Waals surface area (Å²) in [4.78, 5) is 42.3. The van der Waals surface area contributed by atoms with Gasteiger partial charge < -0.3 is 20.7 Å². The zero-order chi connectivity index (χ0) is 27.7. The van der Waals surface area contributed by atoms with Gasteiger partial charge in [-0.15, -0.1) is 0 Å². The standard InChI is InChI=1S/C30H44N4O4/c1-21(38-5)20-31-15-9-17-33-27(35)26(19-22-13-14-23-10-6-7-11-24(23)18-22)34(29(37)30(2,3)4)28(36)25-12-8-16-32-25/h6-7,10-11,13-14,18,21,25-26,31-32H,8-9,12,15-17,19-20H2,1-5H3,(H,33,35)/t21-,25+,26-/m1/s1. The van der Waals surface area contributed by atoms with Crippen molar-refractivity contribution in [2.24, 2.45) is 5.41 Å². The van der Waals surface area contributed by atoms with E-state index in [4.69, 9.17) is 4.74 Å². The molecule has 0 saturated carbocycles. The molecule has 0 aliphatic carbocycles. The molecule has 3 N–H and O–H groups in total. The number of nitrogens with zero attached hydrogens (tertiary/aromatic N) is 1. The van der Waals surface area contributed by atoms with Crippen molar-refractivity contribution < 1.29 is 19.1 Å². The maximum absolute atomic E-state index is 13.7. The van der Waals surface area contributed by atoms with E-state index in [2.05, 4.69) is 16.0 Å². The minimum Gasteiger partial charge on any atom is -0.380 e. The molecule has 1 saturated heterocycles. The van der Waals surface area contributed by atoms with Crippen molar-refractivity contribution in [2.45, 2.75) is 71.6 Å². The Kier molecular flexibility index (Phi) is 10.8. The fourth-order valence-electron chi connectivity index (χ4n) is 4.64. The summed E-state index contributed by atoms with van der Waals surface area (Å²) >= 11 is 0. The third-order valence-electron chi connectivity index (χ3n) is 6.98. The number of methoxy groups -OCH3 is 1. The summed E-state index contributed by atoms with van der Waals surface area (Å²) < 4.78 is 5.24. The summed E-state index contributed by atoms with van der Waals surface area (Å²) in [5.41, 5.74) is 0.0796. The monoisotopic (exact) mass is 524 g/mol. The number of amides is 3. The highest BCUT2D eigenvalue weighted by Crippen LogP contribution is 2.25. The molecular weight excluding hydrogens is 480 g/mol. The van der Waals surface area contributed by atoms with Crippen molar-refractivity contribution in [2.75, 3.05) is 33.3 Å². The largest absolute Gasteiger partial charge is 0.380 e. The van der Waals surface area contributed by atoms with Crippen LogP contribution in [-0.4, -0.2) is 74.1 Å². The van der Waals surface area contributed by atoms with Crippen LogP contribution in [0.1, 0.15) is 52.5 Å². The lowest BCUT2D eigenvalue weighted by atomic mass is 9.91. The minimum absolute atomic E-state index is 0.114. The molecule has 1 heterocycles. The van der Waals surface area contributed by atoms with Crippen LogP contribution in [0.5, 0.6) is 0 Å². The van der Waals surface area contributed by atoms with Crippen LogP contribution in [0.4, 0.5) is 0 Å². The Bertz CT molecular complexity index is 1090. The van der Waals surface area contributed by atoms with Crippen LogP contribution in [0.2, 0.25) is 0 Å². The summed E-state index contributed by atoms with van der Waals surface area (Å²) in [6.45, 7) is 9.97. The second kappa shape index (κ2) is 13.8. The topological polar surface area (TPSA) is 99.8 Å². The molecule has 0 bridgehead atoms. The highest BCUT2D eigenvalue weighted by molar-refractivity contribution is 6.04. The van der Waals surface area contributed by atoms with Gasteiger partial charge in [0.25, 0.3) is 0 Å². The Balaban J connectivity index is 1.84. The average Bonchev–Trinajstić information content (AvgIpc) is 3.44. The van der Waals surface area contributed by atoms with E-state index in [1.54, 1.807) is 27.9 Å². The molecule has 208 valence electrons. The quantitative estimate of drug-likeness (QED) is 0.369. The Morgan fingerprint density at radius 1 is 1.11 bits per heavy atom. The third kappa shape index (κ3) is 8.09. The first-order valence-electron chi connectivity index (χ1n) is 13.7. The molecule has 0 radical (unpaired) electrons. The number of ether oxygens (including phenoxy) is 1. The van der Waals surface area contributed by atoms with E-state index in [1.165, 1.54) is 4.90 Å². The van der Waals surface area contributed by atoms with Gasteiger partial charge in [0.1, 0.15) is 6.04 Å². The number of imide groups is 1. The Morgan fingerprint density at radius 2 is 1.84 bits per heavy atom. The first-order chi connectivity index (χ1) is 18.1. The zero-order valence-electron chi connectivity index (χ0n) is 23.5. The van der Waals surface area contributed by atoms with E-state index >= 15 is 0 Å². The van der Waals surface area contributed by atoms with E-state index in [1.807, 2.05) is 49.4 Å². The summed E-state index contributed by atoms with van der Waals surface area (Å²) in [6, 6.07) is 12.6. The zero-order valence-corrected chi connectivity index (χ0v) is 23.5. The van der Waals surface area contributed by atoms with Gasteiger partial charge in [-0.1, -0.05) is 63.2 Å². The molecule has 0 aromatic heterocycles. The smallest absolute Gasteiger partial charge is 0.247 e.